The number of hydrogen-bond donors (Lipinski definition) is 0. The van der Waals surface area contributed by atoms with Gasteiger partial charge in [0.15, 0.2) is 5.82 Å². The van der Waals surface area contributed by atoms with E-state index in [0.717, 1.165) is 70.6 Å². The maximum atomic E-state index is 6.02. The standard InChI is InChI=1S/C22H21N3O2S2/c1-3-16(13-17(4-1)27-11-8-25-6-9-26-10-7-25)19-15-29-22-18(19)14-23-21(24-22)20-5-2-12-28-20/h1-5,12-15H,6-11H2. The first-order valence-electron chi connectivity index (χ1n) is 9.68. The van der Waals surface area contributed by atoms with E-state index in [1.165, 1.54) is 0 Å². The van der Waals surface area contributed by atoms with E-state index in [1.54, 1.807) is 22.7 Å². The maximum absolute atomic E-state index is 6.02. The van der Waals surface area contributed by atoms with Crippen molar-refractivity contribution in [1.82, 2.24) is 14.9 Å². The Hall–Kier alpha value is -2.32. The SMILES string of the molecule is c1cc(OCCN2CCOCC2)cc(-c2csc3nc(-c4cccs4)ncc23)c1. The fraction of sp³-hybridized carbons (Fsp3) is 0.273. The first-order chi connectivity index (χ1) is 14.4. The lowest BCUT2D eigenvalue weighted by molar-refractivity contribution is 0.0322. The van der Waals surface area contributed by atoms with Crippen molar-refractivity contribution in [2.24, 2.45) is 0 Å². The van der Waals surface area contributed by atoms with Gasteiger partial charge in [-0.1, -0.05) is 18.2 Å². The Bertz CT molecular complexity index is 1090. The Kier molecular flexibility index (Phi) is 5.53. The van der Waals surface area contributed by atoms with Crippen LogP contribution in [0.25, 0.3) is 32.0 Å². The van der Waals surface area contributed by atoms with Crippen molar-refractivity contribution in [2.45, 2.75) is 0 Å². The van der Waals surface area contributed by atoms with E-state index < -0.39 is 0 Å². The first-order valence-corrected chi connectivity index (χ1v) is 11.4. The van der Waals surface area contributed by atoms with Gasteiger partial charge in [0.25, 0.3) is 0 Å². The molecule has 0 amide bonds. The highest BCUT2D eigenvalue weighted by molar-refractivity contribution is 7.17. The van der Waals surface area contributed by atoms with Crippen molar-refractivity contribution in [3.63, 3.8) is 0 Å². The third-order valence-electron chi connectivity index (χ3n) is 5.00. The molecule has 148 valence electrons. The topological polar surface area (TPSA) is 47.5 Å². The average molecular weight is 424 g/mol. The van der Waals surface area contributed by atoms with Crippen LogP contribution in [0.5, 0.6) is 5.75 Å². The van der Waals surface area contributed by atoms with Crippen LogP contribution in [0.15, 0.2) is 53.4 Å². The molecule has 4 aromatic rings. The van der Waals surface area contributed by atoms with Gasteiger partial charge in [-0.3, -0.25) is 4.90 Å². The van der Waals surface area contributed by atoms with Crippen molar-refractivity contribution in [3.05, 3.63) is 53.4 Å². The Morgan fingerprint density at radius 1 is 1.10 bits per heavy atom. The molecule has 5 nitrogen and oxygen atoms in total. The molecular formula is C22H21N3O2S2. The van der Waals surface area contributed by atoms with Crippen LogP contribution in [0.4, 0.5) is 0 Å². The van der Waals surface area contributed by atoms with Gasteiger partial charge in [-0.25, -0.2) is 9.97 Å². The molecule has 0 atom stereocenters. The smallest absolute Gasteiger partial charge is 0.170 e. The molecule has 1 fully saturated rings. The molecule has 0 saturated carbocycles. The van der Waals surface area contributed by atoms with Crippen molar-refractivity contribution in [3.8, 4) is 27.6 Å². The van der Waals surface area contributed by atoms with Crippen LogP contribution in [0.1, 0.15) is 0 Å². The summed E-state index contributed by atoms with van der Waals surface area (Å²) in [5.41, 5.74) is 2.29. The number of morpholine rings is 1. The number of thiophene rings is 2. The van der Waals surface area contributed by atoms with Crippen LogP contribution < -0.4 is 4.74 Å². The number of rotatable bonds is 6. The highest BCUT2D eigenvalue weighted by Gasteiger charge is 2.12. The molecule has 0 N–H and O–H groups in total. The Labute approximate surface area is 177 Å². The number of aromatic nitrogens is 2. The summed E-state index contributed by atoms with van der Waals surface area (Å²) in [7, 11) is 0. The third kappa shape index (κ3) is 4.18. The molecule has 0 spiro atoms. The van der Waals surface area contributed by atoms with Crippen molar-refractivity contribution in [2.75, 3.05) is 39.5 Å². The largest absolute Gasteiger partial charge is 0.492 e. The number of hydrogen-bond acceptors (Lipinski definition) is 7. The van der Waals surface area contributed by atoms with Crippen LogP contribution >= 0.6 is 22.7 Å². The molecule has 4 heterocycles. The molecule has 0 unspecified atom stereocenters. The van der Waals surface area contributed by atoms with Crippen LogP contribution in [0.3, 0.4) is 0 Å². The number of ether oxygens (including phenoxy) is 2. The summed E-state index contributed by atoms with van der Waals surface area (Å²) >= 11 is 3.32. The molecule has 3 aromatic heterocycles. The highest BCUT2D eigenvalue weighted by atomic mass is 32.1. The molecule has 1 aromatic carbocycles. The minimum Gasteiger partial charge on any atom is -0.492 e. The average Bonchev–Trinajstić information content (AvgIpc) is 3.44. The van der Waals surface area contributed by atoms with Gasteiger partial charge in [0.05, 0.1) is 18.1 Å². The van der Waals surface area contributed by atoms with Crippen molar-refractivity contribution >= 4 is 32.9 Å². The zero-order valence-corrected chi connectivity index (χ0v) is 17.5. The molecular weight excluding hydrogens is 402 g/mol. The molecule has 0 radical (unpaired) electrons. The highest BCUT2D eigenvalue weighted by Crippen LogP contribution is 2.35. The summed E-state index contributed by atoms with van der Waals surface area (Å²) in [6, 6.07) is 12.4. The van der Waals surface area contributed by atoms with E-state index in [2.05, 4.69) is 33.5 Å². The minimum atomic E-state index is 0.682. The van der Waals surface area contributed by atoms with Crippen LogP contribution in [0.2, 0.25) is 0 Å². The first kappa shape index (κ1) is 18.7. The van der Waals surface area contributed by atoms with Gasteiger partial charge in [-0.05, 0) is 29.1 Å². The second kappa shape index (κ2) is 8.59. The van der Waals surface area contributed by atoms with Gasteiger partial charge in [0.2, 0.25) is 0 Å². The third-order valence-corrected chi connectivity index (χ3v) is 6.75. The van der Waals surface area contributed by atoms with E-state index in [9.17, 15) is 0 Å². The fourth-order valence-corrected chi connectivity index (χ4v) is 5.02. The van der Waals surface area contributed by atoms with E-state index in [-0.39, 0.29) is 0 Å². The van der Waals surface area contributed by atoms with Gasteiger partial charge < -0.3 is 9.47 Å². The Morgan fingerprint density at radius 3 is 2.90 bits per heavy atom. The van der Waals surface area contributed by atoms with Crippen molar-refractivity contribution in [1.29, 1.82) is 0 Å². The lowest BCUT2D eigenvalue weighted by atomic mass is 10.1. The van der Waals surface area contributed by atoms with Crippen LogP contribution in [-0.4, -0.2) is 54.3 Å². The summed E-state index contributed by atoms with van der Waals surface area (Å²) in [5, 5.41) is 5.29. The van der Waals surface area contributed by atoms with Crippen molar-refractivity contribution < 1.29 is 9.47 Å². The molecule has 1 saturated heterocycles. The molecule has 5 rings (SSSR count). The van der Waals surface area contributed by atoms with Crippen LogP contribution in [-0.2, 0) is 4.74 Å². The predicted molar refractivity (Wildman–Crippen MR) is 119 cm³/mol. The summed E-state index contributed by atoms with van der Waals surface area (Å²) in [5.74, 6) is 1.69. The zero-order chi connectivity index (χ0) is 19.5. The fourth-order valence-electron chi connectivity index (χ4n) is 3.44. The monoisotopic (exact) mass is 423 g/mol. The quantitative estimate of drug-likeness (QED) is 0.446. The molecule has 7 heteroatoms. The van der Waals surface area contributed by atoms with Gasteiger partial charge in [-0.2, -0.15) is 0 Å². The summed E-state index contributed by atoms with van der Waals surface area (Å²) in [6.45, 7) is 5.21. The second-order valence-electron chi connectivity index (χ2n) is 6.87. The van der Waals surface area contributed by atoms with Gasteiger partial charge in [-0.15, -0.1) is 22.7 Å². The number of benzene rings is 1. The summed E-state index contributed by atoms with van der Waals surface area (Å²) < 4.78 is 11.4. The van der Waals surface area contributed by atoms with E-state index >= 15 is 0 Å². The van der Waals surface area contributed by atoms with E-state index in [0.29, 0.717) is 6.61 Å². The molecule has 1 aliphatic rings. The lowest BCUT2D eigenvalue weighted by Gasteiger charge is -2.26. The van der Waals surface area contributed by atoms with Gasteiger partial charge in [0, 0.05) is 42.2 Å². The maximum Gasteiger partial charge on any atom is 0.170 e. The molecule has 0 aliphatic carbocycles. The number of fused-ring (bicyclic) bond motifs is 1. The molecule has 29 heavy (non-hydrogen) atoms. The Balaban J connectivity index is 1.32. The predicted octanol–water partition coefficient (Wildman–Crippen LogP) is 4.80. The number of nitrogens with zero attached hydrogens (tertiary/aromatic N) is 3. The van der Waals surface area contributed by atoms with Gasteiger partial charge >= 0.3 is 0 Å². The normalized spacial score (nSPS) is 15.0. The van der Waals surface area contributed by atoms with Crippen LogP contribution in [0, 0.1) is 0 Å². The van der Waals surface area contributed by atoms with Gasteiger partial charge in [0.1, 0.15) is 17.2 Å². The molecule has 0 bridgehead atoms. The van der Waals surface area contributed by atoms with E-state index in [4.69, 9.17) is 14.5 Å². The summed E-state index contributed by atoms with van der Waals surface area (Å²) in [4.78, 5) is 13.8. The lowest BCUT2D eigenvalue weighted by Crippen LogP contribution is -2.38. The van der Waals surface area contributed by atoms with E-state index in [1.807, 2.05) is 29.8 Å². The summed E-state index contributed by atoms with van der Waals surface area (Å²) in [6.07, 6.45) is 1.94. The minimum absolute atomic E-state index is 0.682. The Morgan fingerprint density at radius 2 is 2.03 bits per heavy atom. The zero-order valence-electron chi connectivity index (χ0n) is 15.9. The second-order valence-corrected chi connectivity index (χ2v) is 8.68. The molecule has 1 aliphatic heterocycles.